The Labute approximate surface area is 315 Å². The number of hydrogen-bond donors (Lipinski definition) is 0. The minimum Gasteiger partial charge on any atom is -0.235 e. The molecule has 0 bridgehead atoms. The molecule has 0 unspecified atom stereocenters. The average Bonchev–Trinajstić information content (AvgIpc) is 3.91. The maximum Gasteiger partial charge on any atom is 0.124 e. The summed E-state index contributed by atoms with van der Waals surface area (Å²) in [5, 5.41) is 6.32. The van der Waals surface area contributed by atoms with Crippen molar-refractivity contribution in [2.75, 3.05) is 0 Å². The zero-order valence-corrected chi connectivity index (χ0v) is 30.1. The van der Waals surface area contributed by atoms with Crippen LogP contribution in [0.25, 0.3) is 85.5 Å². The van der Waals surface area contributed by atoms with Crippen molar-refractivity contribution in [3.8, 4) is 54.5 Å². The highest BCUT2D eigenvalue weighted by Crippen LogP contribution is 2.62. The third-order valence-corrected chi connectivity index (χ3v) is 13.8. The largest absolute Gasteiger partial charge is 0.235 e. The molecule has 246 valence electrons. The Balaban J connectivity index is 1.11. The molecule has 2 aliphatic rings. The standard InChI is InChI=1S/C50H29NS2/c1-3-13-31(14-4-1)47-48(32-15-5-2-6-16-32)53-49(51-47)33-25-26-36-39-28-43-38(29-45(39)52-44(36)27-33)37-21-11-17-30-18-12-24-42(46(30)37)50(43)40-22-9-7-19-34(40)35-20-8-10-23-41(35)50/h1-29H. The summed E-state index contributed by atoms with van der Waals surface area (Å²) in [6.45, 7) is 0. The van der Waals surface area contributed by atoms with Crippen molar-refractivity contribution in [1.82, 2.24) is 4.98 Å². The minimum atomic E-state index is -0.415. The fourth-order valence-corrected chi connectivity index (χ4v) is 11.6. The number of thiazole rings is 1. The molecule has 2 heterocycles. The lowest BCUT2D eigenvalue weighted by Crippen LogP contribution is -2.31. The highest BCUT2D eigenvalue weighted by atomic mass is 32.1. The second-order valence-electron chi connectivity index (χ2n) is 14.2. The van der Waals surface area contributed by atoms with Crippen LogP contribution in [0.15, 0.2) is 176 Å². The Hall–Kier alpha value is -6.13. The summed E-state index contributed by atoms with van der Waals surface area (Å²) in [6.07, 6.45) is 0. The van der Waals surface area contributed by atoms with Gasteiger partial charge in [-0.3, -0.25) is 0 Å². The van der Waals surface area contributed by atoms with Gasteiger partial charge < -0.3 is 0 Å². The first-order chi connectivity index (χ1) is 26.3. The lowest BCUT2D eigenvalue weighted by Gasteiger charge is -2.40. The fraction of sp³-hybridized carbons (Fsp3) is 0.0200. The summed E-state index contributed by atoms with van der Waals surface area (Å²) in [6, 6.07) is 65.2. The summed E-state index contributed by atoms with van der Waals surface area (Å²) in [5.74, 6) is 0. The first kappa shape index (κ1) is 29.4. The van der Waals surface area contributed by atoms with Gasteiger partial charge >= 0.3 is 0 Å². The molecule has 1 nitrogen and oxygen atoms in total. The molecule has 2 aliphatic carbocycles. The van der Waals surface area contributed by atoms with Crippen LogP contribution < -0.4 is 0 Å². The number of rotatable bonds is 3. The summed E-state index contributed by atoms with van der Waals surface area (Å²) in [7, 11) is 0. The van der Waals surface area contributed by atoms with E-state index in [1.807, 2.05) is 11.3 Å². The average molecular weight is 708 g/mol. The Bertz CT molecular complexity index is 3010. The van der Waals surface area contributed by atoms with E-state index in [4.69, 9.17) is 4.98 Å². The molecular weight excluding hydrogens is 679 g/mol. The lowest BCUT2D eigenvalue weighted by molar-refractivity contribution is 0.775. The van der Waals surface area contributed by atoms with E-state index < -0.39 is 5.41 Å². The second-order valence-corrected chi connectivity index (χ2v) is 16.3. The molecule has 3 heteroatoms. The van der Waals surface area contributed by atoms with Gasteiger partial charge in [-0.05, 0) is 79.0 Å². The number of nitrogens with zero attached hydrogens (tertiary/aromatic N) is 1. The van der Waals surface area contributed by atoms with Gasteiger partial charge in [0.05, 0.1) is 16.0 Å². The number of aromatic nitrogens is 1. The van der Waals surface area contributed by atoms with E-state index in [0.717, 1.165) is 21.8 Å². The smallest absolute Gasteiger partial charge is 0.124 e. The quantitative estimate of drug-likeness (QED) is 0.178. The summed E-state index contributed by atoms with van der Waals surface area (Å²) >= 11 is 3.68. The van der Waals surface area contributed by atoms with E-state index in [9.17, 15) is 0 Å². The van der Waals surface area contributed by atoms with Crippen molar-refractivity contribution in [2.24, 2.45) is 0 Å². The van der Waals surface area contributed by atoms with Crippen LogP contribution in [-0.4, -0.2) is 4.98 Å². The van der Waals surface area contributed by atoms with Crippen molar-refractivity contribution in [2.45, 2.75) is 5.41 Å². The highest BCUT2D eigenvalue weighted by molar-refractivity contribution is 7.26. The second kappa shape index (κ2) is 10.9. The maximum absolute atomic E-state index is 5.31. The van der Waals surface area contributed by atoms with Crippen molar-refractivity contribution >= 4 is 53.6 Å². The number of benzene rings is 8. The fourth-order valence-electron chi connectivity index (χ4n) is 9.35. The van der Waals surface area contributed by atoms with Crippen molar-refractivity contribution in [3.05, 3.63) is 198 Å². The molecule has 0 saturated carbocycles. The molecule has 0 radical (unpaired) electrons. The molecule has 0 aliphatic heterocycles. The monoisotopic (exact) mass is 707 g/mol. The highest BCUT2D eigenvalue weighted by Gasteiger charge is 2.50. The number of thiophene rings is 1. The van der Waals surface area contributed by atoms with Crippen LogP contribution in [0.4, 0.5) is 0 Å². The van der Waals surface area contributed by atoms with Gasteiger partial charge in [-0.1, -0.05) is 158 Å². The maximum atomic E-state index is 5.31. The van der Waals surface area contributed by atoms with Crippen LogP contribution in [0.3, 0.4) is 0 Å². The van der Waals surface area contributed by atoms with Crippen LogP contribution in [0.1, 0.15) is 22.3 Å². The van der Waals surface area contributed by atoms with Gasteiger partial charge in [0.1, 0.15) is 5.01 Å². The molecule has 1 spiro atoms. The van der Waals surface area contributed by atoms with Gasteiger partial charge in [0.25, 0.3) is 0 Å². The molecule has 2 aromatic heterocycles. The Kier molecular flexibility index (Phi) is 6.08. The molecule has 10 aromatic rings. The Morgan fingerprint density at radius 1 is 0.396 bits per heavy atom. The van der Waals surface area contributed by atoms with Crippen LogP contribution in [0.5, 0.6) is 0 Å². The van der Waals surface area contributed by atoms with E-state index in [-0.39, 0.29) is 0 Å². The predicted octanol–water partition coefficient (Wildman–Crippen LogP) is 14.0. The minimum absolute atomic E-state index is 0.415. The molecule has 53 heavy (non-hydrogen) atoms. The molecule has 0 saturated heterocycles. The number of hydrogen-bond acceptors (Lipinski definition) is 3. The molecule has 8 aromatic carbocycles. The van der Waals surface area contributed by atoms with Crippen molar-refractivity contribution in [3.63, 3.8) is 0 Å². The van der Waals surface area contributed by atoms with Crippen molar-refractivity contribution in [1.29, 1.82) is 0 Å². The number of fused-ring (bicyclic) bond motifs is 12. The van der Waals surface area contributed by atoms with Gasteiger partial charge in [-0.2, -0.15) is 0 Å². The van der Waals surface area contributed by atoms with Crippen LogP contribution in [0, 0.1) is 0 Å². The van der Waals surface area contributed by atoms with Crippen LogP contribution in [-0.2, 0) is 5.41 Å². The Morgan fingerprint density at radius 3 is 1.77 bits per heavy atom. The molecule has 0 fully saturated rings. The van der Waals surface area contributed by atoms with E-state index in [2.05, 4.69) is 176 Å². The molecule has 0 N–H and O–H groups in total. The third kappa shape index (κ3) is 3.98. The van der Waals surface area contributed by atoms with E-state index >= 15 is 0 Å². The molecular formula is C50H29NS2. The summed E-state index contributed by atoms with van der Waals surface area (Å²) < 4.78 is 2.60. The summed E-state index contributed by atoms with van der Waals surface area (Å²) in [5.41, 5.74) is 14.9. The van der Waals surface area contributed by atoms with E-state index in [1.165, 1.54) is 85.9 Å². The van der Waals surface area contributed by atoms with Gasteiger partial charge in [-0.25, -0.2) is 4.98 Å². The van der Waals surface area contributed by atoms with Gasteiger partial charge in [0, 0.05) is 31.3 Å². The van der Waals surface area contributed by atoms with Gasteiger partial charge in [-0.15, -0.1) is 22.7 Å². The first-order valence-electron chi connectivity index (χ1n) is 18.1. The first-order valence-corrected chi connectivity index (χ1v) is 19.8. The predicted molar refractivity (Wildman–Crippen MR) is 225 cm³/mol. The summed E-state index contributed by atoms with van der Waals surface area (Å²) in [4.78, 5) is 6.51. The molecule has 0 atom stereocenters. The molecule has 12 rings (SSSR count). The zero-order chi connectivity index (χ0) is 34.7. The normalized spacial score (nSPS) is 13.4. The van der Waals surface area contributed by atoms with Gasteiger partial charge in [0.2, 0.25) is 0 Å². The third-order valence-electron chi connectivity index (χ3n) is 11.5. The van der Waals surface area contributed by atoms with Crippen LogP contribution in [0.2, 0.25) is 0 Å². The SMILES string of the molecule is c1ccc(-c2nc(-c3ccc4c(c3)sc3cc5c(cc34)C3(c4ccccc4-c4ccccc43)c3cccc4cccc-5c34)sc2-c2ccccc2)cc1. The van der Waals surface area contributed by atoms with Gasteiger partial charge in [0.15, 0.2) is 0 Å². The topological polar surface area (TPSA) is 12.9 Å². The molecule has 0 amide bonds. The van der Waals surface area contributed by atoms with E-state index in [1.54, 1.807) is 11.3 Å². The lowest BCUT2D eigenvalue weighted by atomic mass is 9.61. The van der Waals surface area contributed by atoms with Crippen LogP contribution >= 0.6 is 22.7 Å². The zero-order valence-electron chi connectivity index (χ0n) is 28.5. The van der Waals surface area contributed by atoms with Crippen molar-refractivity contribution < 1.29 is 0 Å². The Morgan fingerprint density at radius 2 is 1.02 bits per heavy atom. The van der Waals surface area contributed by atoms with E-state index in [0.29, 0.717) is 0 Å².